The molecule has 0 fully saturated rings. The Balaban J connectivity index is 1.54. The molecule has 6 heteroatoms. The molecule has 0 unspecified atom stereocenters. The number of esters is 1. The molecule has 0 aliphatic carbocycles. The van der Waals surface area contributed by atoms with Crippen LogP contribution in [0.5, 0.6) is 0 Å². The molecule has 1 N–H and O–H groups in total. The predicted molar refractivity (Wildman–Crippen MR) is 95.6 cm³/mol. The van der Waals surface area contributed by atoms with Crippen LogP contribution in [0.4, 0.5) is 0 Å². The molecule has 26 heavy (non-hydrogen) atoms. The van der Waals surface area contributed by atoms with E-state index in [0.29, 0.717) is 5.76 Å². The molecule has 2 heterocycles. The summed E-state index contributed by atoms with van der Waals surface area (Å²) >= 11 is 0. The molecular weight excluding hydrogens is 334 g/mol. The Hall–Kier alpha value is -3.02. The fraction of sp³-hybridized carbons (Fsp3) is 0.300. The molecule has 6 nitrogen and oxygen atoms in total. The number of carbonyl (C=O) groups excluding carboxylic acids is 2. The summed E-state index contributed by atoms with van der Waals surface area (Å²) in [4.78, 5) is 24.0. The monoisotopic (exact) mass is 355 g/mol. The maximum atomic E-state index is 12.1. The maximum Gasteiger partial charge on any atom is 0.310 e. The summed E-state index contributed by atoms with van der Waals surface area (Å²) in [7, 11) is 0. The van der Waals surface area contributed by atoms with Crippen LogP contribution in [0.25, 0.3) is 11.0 Å². The standard InChI is InChI=1S/C20H21NO5/c1-12-6-7-16-15(10-26-20(16)13(12)2)9-19(23)25-11-18(22)21-14(3)17-5-4-8-24-17/h4-8,10,14H,9,11H2,1-3H3,(H,21,22)/t14-/m1/s1. The third-order valence-corrected chi connectivity index (χ3v) is 4.39. The molecule has 136 valence electrons. The van der Waals surface area contributed by atoms with E-state index >= 15 is 0 Å². The lowest BCUT2D eigenvalue weighted by Crippen LogP contribution is -2.31. The smallest absolute Gasteiger partial charge is 0.310 e. The van der Waals surface area contributed by atoms with Crippen LogP contribution in [-0.2, 0) is 20.7 Å². The van der Waals surface area contributed by atoms with Gasteiger partial charge in [-0.15, -0.1) is 0 Å². The van der Waals surface area contributed by atoms with Crippen molar-refractivity contribution in [3.63, 3.8) is 0 Å². The lowest BCUT2D eigenvalue weighted by atomic mass is 10.0. The maximum absolute atomic E-state index is 12.1. The van der Waals surface area contributed by atoms with E-state index in [1.54, 1.807) is 25.3 Å². The number of nitrogens with one attached hydrogen (secondary N) is 1. The minimum absolute atomic E-state index is 0.0521. The van der Waals surface area contributed by atoms with Gasteiger partial charge in [0.1, 0.15) is 11.3 Å². The SMILES string of the molecule is Cc1ccc2c(CC(=O)OCC(=O)N[C@H](C)c3ccco3)coc2c1C. The molecular formula is C20H21NO5. The molecule has 0 radical (unpaired) electrons. The molecule has 0 aliphatic rings. The molecule has 3 aromatic rings. The van der Waals surface area contributed by atoms with Gasteiger partial charge in [0.25, 0.3) is 5.91 Å². The van der Waals surface area contributed by atoms with E-state index < -0.39 is 5.97 Å². The van der Waals surface area contributed by atoms with E-state index in [1.165, 1.54) is 6.26 Å². The van der Waals surface area contributed by atoms with Crippen molar-refractivity contribution in [3.8, 4) is 0 Å². The highest BCUT2D eigenvalue weighted by molar-refractivity contribution is 5.89. The van der Waals surface area contributed by atoms with Crippen LogP contribution < -0.4 is 5.32 Å². The molecule has 0 aliphatic heterocycles. The first kappa shape index (κ1) is 17.8. The largest absolute Gasteiger partial charge is 0.467 e. The Morgan fingerprint density at radius 1 is 1.19 bits per heavy atom. The third-order valence-electron chi connectivity index (χ3n) is 4.39. The number of rotatable bonds is 6. The number of hydrogen-bond acceptors (Lipinski definition) is 5. The van der Waals surface area contributed by atoms with Crippen molar-refractivity contribution in [2.45, 2.75) is 33.2 Å². The number of furan rings is 2. The van der Waals surface area contributed by atoms with E-state index in [9.17, 15) is 9.59 Å². The lowest BCUT2D eigenvalue weighted by molar-refractivity contribution is -0.148. The number of hydrogen-bond donors (Lipinski definition) is 1. The van der Waals surface area contributed by atoms with Crippen LogP contribution in [0.15, 0.2) is 45.6 Å². The van der Waals surface area contributed by atoms with Crippen LogP contribution in [0.1, 0.15) is 35.4 Å². The molecule has 0 saturated carbocycles. The van der Waals surface area contributed by atoms with Crippen molar-refractivity contribution in [1.29, 1.82) is 0 Å². The summed E-state index contributed by atoms with van der Waals surface area (Å²) in [5.74, 6) is -0.224. The van der Waals surface area contributed by atoms with Crippen molar-refractivity contribution in [1.82, 2.24) is 5.32 Å². The summed E-state index contributed by atoms with van der Waals surface area (Å²) in [6.07, 6.45) is 3.16. The highest BCUT2D eigenvalue weighted by Crippen LogP contribution is 2.26. The van der Waals surface area contributed by atoms with Crippen molar-refractivity contribution in [2.24, 2.45) is 0 Å². The zero-order valence-corrected chi connectivity index (χ0v) is 15.0. The minimum Gasteiger partial charge on any atom is -0.467 e. The normalized spacial score (nSPS) is 12.1. The molecule has 1 atom stereocenters. The summed E-state index contributed by atoms with van der Waals surface area (Å²) in [5.41, 5.74) is 3.70. The third kappa shape index (κ3) is 3.79. The first-order valence-electron chi connectivity index (χ1n) is 8.40. The zero-order valence-electron chi connectivity index (χ0n) is 15.0. The molecule has 2 aromatic heterocycles. The zero-order chi connectivity index (χ0) is 18.7. The van der Waals surface area contributed by atoms with E-state index in [-0.39, 0.29) is 25.0 Å². The van der Waals surface area contributed by atoms with Gasteiger partial charge in [0.05, 0.1) is 25.0 Å². The Morgan fingerprint density at radius 2 is 2.00 bits per heavy atom. The van der Waals surface area contributed by atoms with Gasteiger partial charge in [0, 0.05) is 10.9 Å². The molecule has 0 saturated heterocycles. The molecule has 1 amide bonds. The number of carbonyl (C=O) groups is 2. The molecule has 0 spiro atoms. The first-order chi connectivity index (χ1) is 12.5. The van der Waals surface area contributed by atoms with Gasteiger partial charge >= 0.3 is 5.97 Å². The Morgan fingerprint density at radius 3 is 2.73 bits per heavy atom. The van der Waals surface area contributed by atoms with E-state index in [1.807, 2.05) is 26.0 Å². The summed E-state index contributed by atoms with van der Waals surface area (Å²) < 4.78 is 15.9. The number of ether oxygens (including phenoxy) is 1. The van der Waals surface area contributed by atoms with Gasteiger partial charge < -0.3 is 18.9 Å². The average Bonchev–Trinajstić information content (AvgIpc) is 3.27. The van der Waals surface area contributed by atoms with Crippen molar-refractivity contribution >= 4 is 22.8 Å². The highest BCUT2D eigenvalue weighted by atomic mass is 16.5. The van der Waals surface area contributed by atoms with Gasteiger partial charge in [0.2, 0.25) is 0 Å². The van der Waals surface area contributed by atoms with Gasteiger partial charge in [-0.1, -0.05) is 12.1 Å². The van der Waals surface area contributed by atoms with Gasteiger partial charge in [0.15, 0.2) is 6.61 Å². The fourth-order valence-electron chi connectivity index (χ4n) is 2.77. The van der Waals surface area contributed by atoms with Gasteiger partial charge in [-0.3, -0.25) is 9.59 Å². The number of aryl methyl sites for hydroxylation is 2. The molecule has 3 rings (SSSR count). The Kier molecular flexibility index (Phi) is 5.11. The predicted octanol–water partition coefficient (Wildman–Crippen LogP) is 3.61. The van der Waals surface area contributed by atoms with Crippen LogP contribution in [0.3, 0.4) is 0 Å². The van der Waals surface area contributed by atoms with Crippen LogP contribution in [-0.4, -0.2) is 18.5 Å². The van der Waals surface area contributed by atoms with E-state index in [4.69, 9.17) is 13.6 Å². The fourth-order valence-corrected chi connectivity index (χ4v) is 2.77. The number of amides is 1. The van der Waals surface area contributed by atoms with Crippen molar-refractivity contribution in [3.05, 3.63) is 59.2 Å². The second-order valence-corrected chi connectivity index (χ2v) is 6.29. The van der Waals surface area contributed by atoms with E-state index in [2.05, 4.69) is 5.32 Å². The number of benzene rings is 1. The van der Waals surface area contributed by atoms with Crippen molar-refractivity contribution < 1.29 is 23.2 Å². The number of fused-ring (bicyclic) bond motifs is 1. The lowest BCUT2D eigenvalue weighted by Gasteiger charge is -2.11. The Labute approximate surface area is 151 Å². The van der Waals surface area contributed by atoms with Crippen LogP contribution >= 0.6 is 0 Å². The minimum atomic E-state index is -0.480. The average molecular weight is 355 g/mol. The quantitative estimate of drug-likeness (QED) is 0.683. The highest BCUT2D eigenvalue weighted by Gasteiger charge is 2.16. The summed E-state index contributed by atoms with van der Waals surface area (Å²) in [5, 5.41) is 3.60. The molecule has 1 aromatic carbocycles. The van der Waals surface area contributed by atoms with E-state index in [0.717, 1.165) is 27.7 Å². The Bertz CT molecular complexity index is 923. The van der Waals surface area contributed by atoms with Crippen LogP contribution in [0.2, 0.25) is 0 Å². The summed E-state index contributed by atoms with van der Waals surface area (Å²) in [6.45, 7) is 5.44. The molecule has 0 bridgehead atoms. The van der Waals surface area contributed by atoms with Crippen molar-refractivity contribution in [2.75, 3.05) is 6.61 Å². The first-order valence-corrected chi connectivity index (χ1v) is 8.40. The van der Waals surface area contributed by atoms with Gasteiger partial charge in [-0.2, -0.15) is 0 Å². The van der Waals surface area contributed by atoms with Crippen LogP contribution in [0, 0.1) is 13.8 Å². The van der Waals surface area contributed by atoms with Gasteiger partial charge in [-0.05, 0) is 44.0 Å². The van der Waals surface area contributed by atoms with Gasteiger partial charge in [-0.25, -0.2) is 0 Å². The summed E-state index contributed by atoms with van der Waals surface area (Å²) in [6, 6.07) is 7.15. The second kappa shape index (κ2) is 7.47. The topological polar surface area (TPSA) is 81.7 Å². The second-order valence-electron chi connectivity index (χ2n) is 6.29.